The highest BCUT2D eigenvalue weighted by molar-refractivity contribution is 6.09. The van der Waals surface area contributed by atoms with Gasteiger partial charge in [0.25, 0.3) is 0 Å². The maximum Gasteiger partial charge on any atom is 0.245 e. The third kappa shape index (κ3) is 4.34. The molecule has 2 aliphatic heterocycles. The summed E-state index contributed by atoms with van der Waals surface area (Å²) in [6, 6.07) is 16.6. The van der Waals surface area contributed by atoms with Crippen molar-refractivity contribution >= 4 is 17.6 Å². The van der Waals surface area contributed by atoms with E-state index in [0.717, 1.165) is 37.7 Å². The van der Waals surface area contributed by atoms with Crippen LogP contribution in [0.2, 0.25) is 0 Å². The molecule has 32 heavy (non-hydrogen) atoms. The van der Waals surface area contributed by atoms with Crippen molar-refractivity contribution < 1.29 is 14.4 Å². The van der Waals surface area contributed by atoms with Crippen LogP contribution < -0.4 is 5.32 Å². The molecule has 2 aromatic carbocycles. The standard InChI is InChI=1S/C27H32N2O3/c1-3-18(4-2)26(31)28-23-15-13-22-14-16-24(29(22)27(23)32)20-11-8-12-21(17-20)25(30)19-9-6-5-7-10-19/h5-12,17-18,22-24H,3-4,13-16H2,1-2H3,(H,28,31)/t22-,23-,24-/m0/s1. The molecule has 0 radical (unpaired) electrons. The number of ketones is 1. The van der Waals surface area contributed by atoms with E-state index in [2.05, 4.69) is 5.32 Å². The Bertz CT molecular complexity index is 983. The van der Waals surface area contributed by atoms with Crippen LogP contribution in [0.5, 0.6) is 0 Å². The summed E-state index contributed by atoms with van der Waals surface area (Å²) in [5.74, 6) is -0.0568. The van der Waals surface area contributed by atoms with Gasteiger partial charge in [0.15, 0.2) is 5.78 Å². The van der Waals surface area contributed by atoms with E-state index < -0.39 is 6.04 Å². The number of nitrogens with one attached hydrogen (secondary N) is 1. The molecule has 0 saturated carbocycles. The van der Waals surface area contributed by atoms with Gasteiger partial charge in [-0.15, -0.1) is 0 Å². The van der Waals surface area contributed by atoms with E-state index in [9.17, 15) is 14.4 Å². The van der Waals surface area contributed by atoms with E-state index in [-0.39, 0.29) is 35.6 Å². The van der Waals surface area contributed by atoms with Crippen molar-refractivity contribution in [3.63, 3.8) is 0 Å². The summed E-state index contributed by atoms with van der Waals surface area (Å²) in [6.45, 7) is 4.01. The summed E-state index contributed by atoms with van der Waals surface area (Å²) >= 11 is 0. The summed E-state index contributed by atoms with van der Waals surface area (Å²) in [5.41, 5.74) is 2.29. The van der Waals surface area contributed by atoms with Gasteiger partial charge in [0.2, 0.25) is 11.8 Å². The fourth-order valence-corrected chi connectivity index (χ4v) is 5.22. The Morgan fingerprint density at radius 3 is 2.34 bits per heavy atom. The Labute approximate surface area is 190 Å². The number of fused-ring (bicyclic) bond motifs is 1. The van der Waals surface area contributed by atoms with Crippen molar-refractivity contribution in [2.45, 2.75) is 70.5 Å². The maximum atomic E-state index is 13.4. The minimum absolute atomic E-state index is 0.0118. The zero-order chi connectivity index (χ0) is 22.7. The molecule has 2 fully saturated rings. The number of nitrogens with zero attached hydrogens (tertiary/aromatic N) is 1. The highest BCUT2D eigenvalue weighted by atomic mass is 16.2. The van der Waals surface area contributed by atoms with Crippen molar-refractivity contribution in [1.82, 2.24) is 10.2 Å². The van der Waals surface area contributed by atoms with Gasteiger partial charge in [-0.25, -0.2) is 0 Å². The molecule has 2 aromatic rings. The van der Waals surface area contributed by atoms with E-state index in [1.54, 1.807) is 0 Å². The summed E-state index contributed by atoms with van der Waals surface area (Å²) in [7, 11) is 0. The third-order valence-electron chi connectivity index (χ3n) is 7.09. The number of benzene rings is 2. The lowest BCUT2D eigenvalue weighted by molar-refractivity contribution is -0.143. The van der Waals surface area contributed by atoms with Crippen LogP contribution in [0.15, 0.2) is 54.6 Å². The average Bonchev–Trinajstić information content (AvgIpc) is 3.27. The Hall–Kier alpha value is -2.95. The molecular weight excluding hydrogens is 400 g/mol. The lowest BCUT2D eigenvalue weighted by Crippen LogP contribution is -2.55. The minimum Gasteiger partial charge on any atom is -0.344 e. The molecule has 0 aliphatic carbocycles. The Balaban J connectivity index is 1.53. The predicted octanol–water partition coefficient (Wildman–Crippen LogP) is 4.66. The highest BCUT2D eigenvalue weighted by Gasteiger charge is 2.44. The van der Waals surface area contributed by atoms with E-state index >= 15 is 0 Å². The van der Waals surface area contributed by atoms with Gasteiger partial charge in [-0.05, 0) is 50.2 Å². The molecule has 1 N–H and O–H groups in total. The molecule has 4 rings (SSSR count). The van der Waals surface area contributed by atoms with E-state index in [4.69, 9.17) is 0 Å². The van der Waals surface area contributed by atoms with Gasteiger partial charge in [-0.3, -0.25) is 14.4 Å². The van der Waals surface area contributed by atoms with Crippen LogP contribution in [0.25, 0.3) is 0 Å². The number of carbonyl (C=O) groups excluding carboxylic acids is 3. The second-order valence-corrected chi connectivity index (χ2v) is 8.97. The van der Waals surface area contributed by atoms with E-state index in [1.807, 2.05) is 73.3 Å². The smallest absolute Gasteiger partial charge is 0.245 e. The van der Waals surface area contributed by atoms with Gasteiger partial charge in [0.1, 0.15) is 6.04 Å². The van der Waals surface area contributed by atoms with Gasteiger partial charge in [0.05, 0.1) is 6.04 Å². The summed E-state index contributed by atoms with van der Waals surface area (Å²) < 4.78 is 0. The van der Waals surface area contributed by atoms with Crippen LogP contribution in [0, 0.1) is 5.92 Å². The molecule has 5 nitrogen and oxygen atoms in total. The lowest BCUT2D eigenvalue weighted by Gasteiger charge is -2.39. The van der Waals surface area contributed by atoms with Gasteiger partial charge < -0.3 is 10.2 Å². The Morgan fingerprint density at radius 2 is 1.62 bits per heavy atom. The van der Waals surface area contributed by atoms with Crippen LogP contribution in [0.1, 0.15) is 79.9 Å². The second kappa shape index (κ2) is 9.68. The van der Waals surface area contributed by atoms with Crippen LogP contribution in [-0.4, -0.2) is 34.6 Å². The zero-order valence-electron chi connectivity index (χ0n) is 18.9. The largest absolute Gasteiger partial charge is 0.344 e. The molecular formula is C27H32N2O3. The first-order chi connectivity index (χ1) is 15.5. The van der Waals surface area contributed by atoms with Crippen molar-refractivity contribution in [1.29, 1.82) is 0 Å². The number of carbonyl (C=O) groups is 3. The average molecular weight is 433 g/mol. The van der Waals surface area contributed by atoms with Gasteiger partial charge >= 0.3 is 0 Å². The summed E-state index contributed by atoms with van der Waals surface area (Å²) in [6.07, 6.45) is 5.00. The molecule has 2 amide bonds. The molecule has 0 bridgehead atoms. The van der Waals surface area contributed by atoms with Crippen molar-refractivity contribution in [2.24, 2.45) is 5.92 Å². The number of hydrogen-bond donors (Lipinski definition) is 1. The van der Waals surface area contributed by atoms with Crippen molar-refractivity contribution in [3.8, 4) is 0 Å². The fraction of sp³-hybridized carbons (Fsp3) is 0.444. The molecule has 0 unspecified atom stereocenters. The lowest BCUT2D eigenvalue weighted by atomic mass is 9.95. The first-order valence-corrected chi connectivity index (χ1v) is 11.9. The Kier molecular flexibility index (Phi) is 6.73. The van der Waals surface area contributed by atoms with Crippen molar-refractivity contribution in [3.05, 3.63) is 71.3 Å². The first kappa shape index (κ1) is 22.3. The highest BCUT2D eigenvalue weighted by Crippen LogP contribution is 2.41. The fourth-order valence-electron chi connectivity index (χ4n) is 5.22. The van der Waals surface area contributed by atoms with Gasteiger partial charge in [0, 0.05) is 23.1 Å². The van der Waals surface area contributed by atoms with Crippen LogP contribution >= 0.6 is 0 Å². The summed E-state index contributed by atoms with van der Waals surface area (Å²) in [5, 5.41) is 3.02. The summed E-state index contributed by atoms with van der Waals surface area (Å²) in [4.78, 5) is 40.9. The molecule has 168 valence electrons. The topological polar surface area (TPSA) is 66.5 Å². The van der Waals surface area contributed by atoms with Crippen molar-refractivity contribution in [2.75, 3.05) is 0 Å². The molecule has 0 spiro atoms. The van der Waals surface area contributed by atoms with E-state index in [1.165, 1.54) is 0 Å². The number of piperidine rings is 1. The monoisotopic (exact) mass is 432 g/mol. The zero-order valence-corrected chi connectivity index (χ0v) is 18.9. The molecule has 2 aliphatic rings. The quantitative estimate of drug-likeness (QED) is 0.647. The maximum absolute atomic E-state index is 13.4. The molecule has 2 heterocycles. The molecule has 0 aromatic heterocycles. The SMILES string of the molecule is CCC(CC)C(=O)N[C@H]1CC[C@H]2CC[C@@H](c3cccc(C(=O)c4ccccc4)c3)N2C1=O. The molecule has 3 atom stereocenters. The number of rotatable bonds is 7. The first-order valence-electron chi connectivity index (χ1n) is 11.9. The van der Waals surface area contributed by atoms with Crippen LogP contribution in [0.3, 0.4) is 0 Å². The Morgan fingerprint density at radius 1 is 0.938 bits per heavy atom. The number of hydrogen-bond acceptors (Lipinski definition) is 3. The number of amides is 2. The molecule has 5 heteroatoms. The van der Waals surface area contributed by atoms with E-state index in [0.29, 0.717) is 17.5 Å². The normalized spacial score (nSPS) is 22.7. The molecule has 2 saturated heterocycles. The van der Waals surface area contributed by atoms with Crippen LogP contribution in [0.4, 0.5) is 0 Å². The predicted molar refractivity (Wildman–Crippen MR) is 124 cm³/mol. The third-order valence-corrected chi connectivity index (χ3v) is 7.09. The van der Waals surface area contributed by atoms with Crippen LogP contribution in [-0.2, 0) is 9.59 Å². The van der Waals surface area contributed by atoms with Gasteiger partial charge in [-0.1, -0.05) is 62.4 Å². The van der Waals surface area contributed by atoms with Gasteiger partial charge in [-0.2, -0.15) is 0 Å². The minimum atomic E-state index is -0.450. The second-order valence-electron chi connectivity index (χ2n) is 8.97.